The Morgan fingerprint density at radius 2 is 1.26 bits per heavy atom. The lowest BCUT2D eigenvalue weighted by Crippen LogP contribution is -2.61. The molecule has 1 fully saturated rings. The zero-order valence-electron chi connectivity index (χ0n) is 34.9. The number of hydrogen-bond acceptors (Lipinski definition) is 11. The molecule has 338 valence electrons. The summed E-state index contributed by atoms with van der Waals surface area (Å²) >= 11 is 0. The summed E-state index contributed by atoms with van der Waals surface area (Å²) < 4.78 is 0. The minimum atomic E-state index is -1.78. The standard InChI is InChI=1S/C40H61BN6O14/c1-23(2)20-28(36(55)42-19-9-18-41(60)61)46-40(59)35(25-11-5-4-6-12-25)47-39(58)29(21-26-13-8-7-10-24(26)3)45-37(56)27(14-16-32(49)50)44-38(57)30(22-34(53)54)43-31(48)15-17-33(51)52/h7-8,10,13,23,25,27-30,35,60-61H,4-6,9,11-12,14-22H2,1-3H3,(H,42,55)(H,43,48)(H,44,57)(H,45,56)(H,46,59)(H,47,58)(H,49,50)(H,51,52)(H,53,54)/t27-,28-,29-,30-,35?/m0/s1. The van der Waals surface area contributed by atoms with Gasteiger partial charge in [0.1, 0.15) is 30.2 Å². The van der Waals surface area contributed by atoms with E-state index in [1.165, 1.54) is 0 Å². The summed E-state index contributed by atoms with van der Waals surface area (Å²) in [6.45, 7) is 5.63. The van der Waals surface area contributed by atoms with Crippen molar-refractivity contribution in [2.75, 3.05) is 6.54 Å². The van der Waals surface area contributed by atoms with Crippen LogP contribution in [0.4, 0.5) is 0 Å². The molecular weight excluding hydrogens is 799 g/mol. The van der Waals surface area contributed by atoms with Crippen molar-refractivity contribution in [3.63, 3.8) is 0 Å². The van der Waals surface area contributed by atoms with Gasteiger partial charge < -0.3 is 57.3 Å². The summed E-state index contributed by atoms with van der Waals surface area (Å²) in [7, 11) is -1.54. The monoisotopic (exact) mass is 860 g/mol. The van der Waals surface area contributed by atoms with E-state index in [2.05, 4.69) is 31.9 Å². The number of carbonyl (C=O) groups excluding carboxylic acids is 6. The van der Waals surface area contributed by atoms with Crippen LogP contribution in [0.1, 0.15) is 102 Å². The lowest BCUT2D eigenvalue weighted by molar-refractivity contribution is -0.142. The average molecular weight is 861 g/mol. The van der Waals surface area contributed by atoms with E-state index in [0.29, 0.717) is 18.4 Å². The summed E-state index contributed by atoms with van der Waals surface area (Å²) in [6, 6.07) is -0.0447. The highest BCUT2D eigenvalue weighted by Gasteiger charge is 2.37. The second-order valence-electron chi connectivity index (χ2n) is 15.8. The molecule has 5 atom stereocenters. The van der Waals surface area contributed by atoms with Crippen LogP contribution >= 0.6 is 0 Å². The predicted molar refractivity (Wildman–Crippen MR) is 219 cm³/mol. The van der Waals surface area contributed by atoms with Gasteiger partial charge in [-0.25, -0.2) is 0 Å². The van der Waals surface area contributed by atoms with Crippen molar-refractivity contribution in [1.29, 1.82) is 0 Å². The molecule has 1 aliphatic carbocycles. The van der Waals surface area contributed by atoms with Gasteiger partial charge in [-0.3, -0.25) is 43.2 Å². The molecule has 1 saturated carbocycles. The number of benzene rings is 1. The van der Waals surface area contributed by atoms with Crippen molar-refractivity contribution in [3.05, 3.63) is 35.4 Å². The first-order valence-corrected chi connectivity index (χ1v) is 20.6. The van der Waals surface area contributed by atoms with E-state index >= 15 is 0 Å². The maximum absolute atomic E-state index is 14.4. The molecule has 0 aliphatic heterocycles. The normalized spacial score (nSPS) is 15.2. The third-order valence-electron chi connectivity index (χ3n) is 10.2. The summed E-state index contributed by atoms with van der Waals surface area (Å²) in [4.78, 5) is 116. The zero-order valence-corrected chi connectivity index (χ0v) is 34.9. The van der Waals surface area contributed by atoms with Gasteiger partial charge in [0.25, 0.3) is 0 Å². The van der Waals surface area contributed by atoms with Crippen LogP contribution in [0.25, 0.3) is 0 Å². The SMILES string of the molecule is Cc1ccccc1C[C@H](NC(=O)[C@H](CCC(=O)O)NC(=O)[C@H](CC(=O)O)NC(=O)CCC(=O)O)C(=O)NC(C(=O)N[C@@H](CC(C)C)C(=O)NCCCB(O)O)C1CCCCC1. The largest absolute Gasteiger partial charge is 0.481 e. The van der Waals surface area contributed by atoms with Crippen LogP contribution in [0.3, 0.4) is 0 Å². The van der Waals surface area contributed by atoms with E-state index in [4.69, 9.17) is 15.2 Å². The van der Waals surface area contributed by atoms with Gasteiger partial charge in [-0.15, -0.1) is 0 Å². The van der Waals surface area contributed by atoms with Crippen LogP contribution in [0, 0.1) is 18.8 Å². The van der Waals surface area contributed by atoms with Crippen LogP contribution in [0.5, 0.6) is 0 Å². The Labute approximate surface area is 354 Å². The van der Waals surface area contributed by atoms with Crippen LogP contribution in [0.15, 0.2) is 24.3 Å². The molecule has 21 heteroatoms. The molecule has 6 amide bonds. The minimum Gasteiger partial charge on any atom is -0.481 e. The number of carbonyl (C=O) groups is 9. The van der Waals surface area contributed by atoms with E-state index < -0.39 is 123 Å². The topological polar surface area (TPSA) is 327 Å². The van der Waals surface area contributed by atoms with Crippen LogP contribution in [-0.4, -0.2) is 123 Å². The second-order valence-corrected chi connectivity index (χ2v) is 15.8. The fraction of sp³-hybridized carbons (Fsp3) is 0.625. The molecule has 1 unspecified atom stereocenters. The highest BCUT2D eigenvalue weighted by molar-refractivity contribution is 6.40. The fourth-order valence-electron chi connectivity index (χ4n) is 6.92. The van der Waals surface area contributed by atoms with E-state index in [0.717, 1.165) is 24.8 Å². The first-order chi connectivity index (χ1) is 28.8. The van der Waals surface area contributed by atoms with E-state index in [9.17, 15) is 53.4 Å². The average Bonchev–Trinajstić information content (AvgIpc) is 3.18. The molecule has 0 heterocycles. The van der Waals surface area contributed by atoms with Crippen molar-refractivity contribution in [3.8, 4) is 0 Å². The van der Waals surface area contributed by atoms with Crippen molar-refractivity contribution in [1.82, 2.24) is 31.9 Å². The Bertz CT molecular complexity index is 1690. The van der Waals surface area contributed by atoms with Crippen LogP contribution in [-0.2, 0) is 49.6 Å². The number of hydrogen-bond donors (Lipinski definition) is 11. The third-order valence-corrected chi connectivity index (χ3v) is 10.2. The number of aryl methyl sites for hydroxylation is 1. The van der Waals surface area contributed by atoms with E-state index in [1.54, 1.807) is 31.2 Å². The molecule has 0 saturated heterocycles. The van der Waals surface area contributed by atoms with Gasteiger partial charge in [-0.1, -0.05) is 57.4 Å². The van der Waals surface area contributed by atoms with Crippen LogP contribution < -0.4 is 31.9 Å². The van der Waals surface area contributed by atoms with Gasteiger partial charge in [0.15, 0.2) is 0 Å². The van der Waals surface area contributed by atoms with Crippen molar-refractivity contribution in [2.24, 2.45) is 11.8 Å². The molecule has 0 radical (unpaired) electrons. The smallest absolute Gasteiger partial charge is 0.451 e. The quantitative estimate of drug-likeness (QED) is 0.0403. The summed E-state index contributed by atoms with van der Waals surface area (Å²) in [5.74, 6) is -9.67. The van der Waals surface area contributed by atoms with Gasteiger partial charge in [-0.05, 0) is 68.3 Å². The van der Waals surface area contributed by atoms with Crippen LogP contribution in [0.2, 0.25) is 6.32 Å². The number of amides is 6. The highest BCUT2D eigenvalue weighted by atomic mass is 16.4. The number of carboxylic acid groups (broad SMARTS) is 3. The number of aliphatic carboxylic acids is 3. The predicted octanol–water partition coefficient (Wildman–Crippen LogP) is -0.229. The molecule has 2 rings (SSSR count). The third kappa shape index (κ3) is 20.0. The Balaban J connectivity index is 2.46. The molecule has 11 N–H and O–H groups in total. The summed E-state index contributed by atoms with van der Waals surface area (Å²) in [6.07, 6.45) is 0.703. The molecular formula is C40H61BN6O14. The molecule has 1 aromatic carbocycles. The summed E-state index contributed by atoms with van der Waals surface area (Å²) in [5, 5.41) is 61.4. The minimum absolute atomic E-state index is 0.0315. The van der Waals surface area contributed by atoms with E-state index in [-0.39, 0.29) is 44.0 Å². The highest BCUT2D eigenvalue weighted by Crippen LogP contribution is 2.27. The maximum atomic E-state index is 14.4. The Kier molecular flexibility index (Phi) is 22.5. The maximum Gasteiger partial charge on any atom is 0.451 e. The van der Waals surface area contributed by atoms with Gasteiger partial charge in [0, 0.05) is 25.8 Å². The number of rotatable bonds is 27. The fourth-order valence-corrected chi connectivity index (χ4v) is 6.92. The number of nitrogens with one attached hydrogen (secondary N) is 6. The molecule has 61 heavy (non-hydrogen) atoms. The Morgan fingerprint density at radius 1 is 0.672 bits per heavy atom. The zero-order chi connectivity index (χ0) is 45.6. The lowest BCUT2D eigenvalue weighted by Gasteiger charge is -2.33. The molecule has 1 aliphatic rings. The van der Waals surface area contributed by atoms with Crippen molar-refractivity contribution < 1.29 is 68.5 Å². The van der Waals surface area contributed by atoms with Gasteiger partial charge in [-0.2, -0.15) is 0 Å². The van der Waals surface area contributed by atoms with Gasteiger partial charge >= 0.3 is 25.0 Å². The number of carboxylic acids is 3. The Hall–Kier alpha value is -5.57. The van der Waals surface area contributed by atoms with E-state index in [1.807, 2.05) is 13.8 Å². The van der Waals surface area contributed by atoms with Gasteiger partial charge in [0.2, 0.25) is 35.4 Å². The lowest BCUT2D eigenvalue weighted by atomic mass is 9.83. The first kappa shape index (κ1) is 51.6. The van der Waals surface area contributed by atoms with Gasteiger partial charge in [0.05, 0.1) is 12.8 Å². The molecule has 0 bridgehead atoms. The second kappa shape index (κ2) is 26.6. The summed E-state index contributed by atoms with van der Waals surface area (Å²) in [5.41, 5.74) is 1.37. The molecule has 0 aromatic heterocycles. The van der Waals surface area contributed by atoms with Crippen molar-refractivity contribution in [2.45, 2.75) is 141 Å². The molecule has 1 aromatic rings. The van der Waals surface area contributed by atoms with Crippen molar-refractivity contribution >= 4 is 60.5 Å². The molecule has 20 nitrogen and oxygen atoms in total. The first-order valence-electron chi connectivity index (χ1n) is 20.6. The Morgan fingerprint density at radius 3 is 1.85 bits per heavy atom. The molecule has 0 spiro atoms.